The molecule has 3 amide bonds. The number of amides is 3. The fraction of sp³-hybridized carbons (Fsp3) is 0.600. The molecule has 6 N–H and O–H groups in total. The maximum absolute atomic E-state index is 12.7. The first-order chi connectivity index (χ1) is 28.1. The van der Waals surface area contributed by atoms with Crippen molar-refractivity contribution in [2.45, 2.75) is 118 Å². The molecule has 0 saturated heterocycles. The summed E-state index contributed by atoms with van der Waals surface area (Å²) in [5.41, 5.74) is 5.57. The van der Waals surface area contributed by atoms with Crippen molar-refractivity contribution in [1.82, 2.24) is 16.0 Å². The van der Waals surface area contributed by atoms with Crippen molar-refractivity contribution in [3.8, 4) is 0 Å². The van der Waals surface area contributed by atoms with E-state index in [1.54, 1.807) is 77.9 Å². The van der Waals surface area contributed by atoms with Crippen LogP contribution in [0, 0.1) is 31.1 Å². The third-order valence-electron chi connectivity index (χ3n) is 6.75. The second-order valence-corrected chi connectivity index (χ2v) is 14.9. The Morgan fingerprint density at radius 2 is 1.03 bits per heavy atom. The van der Waals surface area contributed by atoms with Gasteiger partial charge in [0.1, 0.15) is 23.3 Å². The molecule has 15 nitrogen and oxygen atoms in total. The Labute approximate surface area is 388 Å². The molecule has 0 aliphatic rings. The van der Waals surface area contributed by atoms with Gasteiger partial charge in [-0.25, -0.2) is 14.4 Å². The quantitative estimate of drug-likeness (QED) is 0.0865. The van der Waals surface area contributed by atoms with Gasteiger partial charge in [0.15, 0.2) is 12.6 Å². The summed E-state index contributed by atoms with van der Waals surface area (Å²) in [4.78, 5) is 47.7. The van der Waals surface area contributed by atoms with Crippen LogP contribution in [0.1, 0.15) is 80.4 Å². The van der Waals surface area contributed by atoms with Gasteiger partial charge in [0.05, 0.1) is 14.9 Å². The average molecular weight is 1100 g/mol. The van der Waals surface area contributed by atoms with Crippen molar-refractivity contribution >= 4 is 55.6 Å². The summed E-state index contributed by atoms with van der Waals surface area (Å²) >= 11 is 11.7. The Morgan fingerprint density at radius 1 is 0.695 bits per heavy atom. The molecule has 1 radical (unpaired) electrons. The Morgan fingerprint density at radius 3 is 1.36 bits per heavy atom. The molecule has 0 bridgehead atoms. The second kappa shape index (κ2) is 33.1. The van der Waals surface area contributed by atoms with E-state index in [4.69, 9.17) is 65.1 Å². The molecular weight excluding hydrogens is 1030 g/mol. The van der Waals surface area contributed by atoms with Gasteiger partial charge >= 0.3 is 18.2 Å². The van der Waals surface area contributed by atoms with E-state index in [9.17, 15) is 19.2 Å². The standard InChI is InChI=1S/C20H31ClN2O5.C14H18ClNO4.C6H15NO2.BH2.U/c1-6-26-17(27-7-2)13-22-18(24)16(23-19(25)28-20(3,4)5)12-14-8-10-15(21)11-9-14;1-14(2,3)20-13(19)16-11(12(17)18)8-9-4-6-10(15)7-5-9;1-3-8-6(5-7)9-4-2;;/h8-11,16-17H,6-7,12-13H2,1-5H3,(H,22,24)(H,23,25);4-7,11H,8H2,1-3H3,(H,16,19)(H,17,18);6H,3-5,7H2,1-2H3;1H2;/t16-;11-;;;/m00.../s1/i;;;1T2;. The van der Waals surface area contributed by atoms with E-state index in [-0.39, 0.29) is 62.7 Å². The maximum Gasteiger partial charge on any atom is 0.408 e. The smallest absolute Gasteiger partial charge is 0.408 e. The van der Waals surface area contributed by atoms with E-state index >= 15 is 0 Å². The van der Waals surface area contributed by atoms with Crippen LogP contribution in [0.25, 0.3) is 0 Å². The molecule has 0 fully saturated rings. The van der Waals surface area contributed by atoms with Crippen molar-refractivity contribution < 1.29 is 83.8 Å². The number of carboxylic acid groups (broad SMARTS) is 1. The van der Waals surface area contributed by atoms with Gasteiger partial charge in [0, 0.05) is 87.0 Å². The zero-order valence-corrected chi connectivity index (χ0v) is 41.7. The molecule has 0 unspecified atom stereocenters. The minimum atomic E-state index is -1.12. The molecule has 0 heterocycles. The van der Waals surface area contributed by atoms with Crippen LogP contribution >= 0.6 is 23.2 Å². The number of rotatable bonds is 19. The van der Waals surface area contributed by atoms with Gasteiger partial charge in [0.2, 0.25) is 5.91 Å². The van der Waals surface area contributed by atoms with E-state index < -0.39 is 47.7 Å². The van der Waals surface area contributed by atoms with Crippen molar-refractivity contribution in [1.29, 1.82) is 2.67 Å². The number of alkyl carbamates (subject to hydrolysis) is 2. The van der Waals surface area contributed by atoms with Crippen molar-refractivity contribution in [3.05, 3.63) is 69.7 Å². The third-order valence-corrected chi connectivity index (χ3v) is 7.25. The van der Waals surface area contributed by atoms with Gasteiger partial charge < -0.3 is 55.2 Å². The fourth-order valence-electron chi connectivity index (χ4n) is 4.42. The molecule has 0 aromatic heterocycles. The molecule has 333 valence electrons. The van der Waals surface area contributed by atoms with Crippen LogP contribution in [0.2, 0.25) is 10.0 Å². The first kappa shape index (κ1) is 56.4. The number of nitrogens with one attached hydrogen (secondary N) is 3. The summed E-state index contributed by atoms with van der Waals surface area (Å²) in [6, 6.07) is 12.0. The Hall–Kier alpha value is -2.58. The number of nitrogens with two attached hydrogens (primary N) is 1. The van der Waals surface area contributed by atoms with Gasteiger partial charge in [-0.1, -0.05) is 47.5 Å². The number of ether oxygens (including phenoxy) is 6. The molecule has 19 heteroatoms. The van der Waals surface area contributed by atoms with E-state index in [1.807, 2.05) is 39.8 Å². The number of benzene rings is 2. The summed E-state index contributed by atoms with van der Waals surface area (Å²) in [6.45, 7) is 20.8. The van der Waals surface area contributed by atoms with Crippen LogP contribution in [0.15, 0.2) is 48.5 Å². The van der Waals surface area contributed by atoms with E-state index in [0.717, 1.165) is 11.1 Å². The summed E-state index contributed by atoms with van der Waals surface area (Å²) in [6.07, 6.45) is -1.72. The van der Waals surface area contributed by atoms with Crippen LogP contribution in [0.3, 0.4) is 0 Å². The van der Waals surface area contributed by atoms with E-state index in [0.29, 0.717) is 51.4 Å². The molecule has 2 atom stereocenters. The number of halogens is 2. The Bertz CT molecular complexity index is 1470. The first-order valence-corrected chi connectivity index (χ1v) is 19.6. The normalized spacial score (nSPS) is 12.1. The van der Waals surface area contributed by atoms with Crippen LogP contribution in [-0.2, 0) is 50.9 Å². The first-order valence-electron chi connectivity index (χ1n) is 20.0. The largest absolute Gasteiger partial charge is 0.480 e. The topological polar surface area (TPSA) is 206 Å². The monoisotopic (exact) mass is 1100 g/mol. The second-order valence-electron chi connectivity index (χ2n) is 14.1. The molecule has 2 aromatic carbocycles. The van der Waals surface area contributed by atoms with Gasteiger partial charge in [-0.05, 0) is 107 Å². The molecule has 2 aromatic rings. The molecule has 2 rings (SSSR count). The number of carbonyl (C=O) groups is 4. The zero-order valence-electron chi connectivity index (χ0n) is 38.0. The number of carbonyl (C=O) groups excluding carboxylic acids is 3. The number of hydrogen-bond donors (Lipinski definition) is 5. The van der Waals surface area contributed by atoms with Crippen molar-refractivity contribution in [2.75, 3.05) is 39.5 Å². The minimum Gasteiger partial charge on any atom is -0.480 e. The third kappa shape index (κ3) is 31.9. The molecule has 59 heavy (non-hydrogen) atoms. The molecule has 0 saturated carbocycles. The summed E-state index contributed by atoms with van der Waals surface area (Å²) in [7, 11) is 0.500. The summed E-state index contributed by atoms with van der Waals surface area (Å²) in [5, 5.41) is 18.1. The summed E-state index contributed by atoms with van der Waals surface area (Å²) < 4.78 is 42.8. The SMILES string of the molecule is CC(C)(C)OC(=O)N[C@@H](Cc1ccc(Cl)cc1)C(=O)O.CCOC(CN)OCC.CCOC(CNC(=O)[C@H](Cc1ccc(Cl)cc1)NC(=O)OC(C)(C)C)OCC.[3H][B][3H].[U]. The molecule has 0 aliphatic carbocycles. The number of hydrogen-bond acceptors (Lipinski definition) is 11. The van der Waals surface area contributed by atoms with E-state index in [1.165, 1.54) is 0 Å². The number of carboxylic acids is 1. The maximum atomic E-state index is 12.7. The van der Waals surface area contributed by atoms with Crippen LogP contribution in [0.4, 0.5) is 9.59 Å². The van der Waals surface area contributed by atoms with Gasteiger partial charge in [0.25, 0.3) is 0 Å². The molecule has 0 aliphatic heterocycles. The van der Waals surface area contributed by atoms with Crippen molar-refractivity contribution in [2.24, 2.45) is 5.73 Å². The van der Waals surface area contributed by atoms with Gasteiger partial charge in [-0.3, -0.25) is 4.79 Å². The molecule has 0 spiro atoms. The van der Waals surface area contributed by atoms with E-state index in [2.05, 4.69) is 16.0 Å². The molecular formula is C40H66BCl2N4O11U. The Kier molecular flexibility index (Phi) is 31.6. The van der Waals surface area contributed by atoms with Crippen LogP contribution in [0.5, 0.6) is 0 Å². The average Bonchev–Trinajstić information content (AvgIpc) is 3.14. The minimum absolute atomic E-state index is 0. The number of aliphatic carboxylic acids is 1. The van der Waals surface area contributed by atoms with Crippen LogP contribution in [-0.4, -0.2) is 116 Å². The summed E-state index contributed by atoms with van der Waals surface area (Å²) in [5.74, 6) is -1.48. The van der Waals surface area contributed by atoms with Gasteiger partial charge in [-0.15, -0.1) is 0 Å². The zero-order chi connectivity index (χ0) is 46.3. The predicted octanol–water partition coefficient (Wildman–Crippen LogP) is 5.58. The fourth-order valence-corrected chi connectivity index (χ4v) is 4.67. The van der Waals surface area contributed by atoms with Crippen molar-refractivity contribution in [3.63, 3.8) is 0 Å². The van der Waals surface area contributed by atoms with Crippen LogP contribution < -0.4 is 21.7 Å². The Balaban J connectivity index is -0.000000884. The predicted molar refractivity (Wildman–Crippen MR) is 229 cm³/mol. The van der Waals surface area contributed by atoms with Gasteiger partial charge in [-0.2, -0.15) is 0 Å².